The van der Waals surface area contributed by atoms with Crippen molar-refractivity contribution in [3.63, 3.8) is 0 Å². The Morgan fingerprint density at radius 3 is 2.60 bits per heavy atom. The summed E-state index contributed by atoms with van der Waals surface area (Å²) in [6.07, 6.45) is 7.88. The summed E-state index contributed by atoms with van der Waals surface area (Å²) in [6.45, 7) is 2.96. The van der Waals surface area contributed by atoms with Crippen molar-refractivity contribution in [2.75, 3.05) is 25.5 Å². The van der Waals surface area contributed by atoms with E-state index in [1.54, 1.807) is 0 Å². The van der Waals surface area contributed by atoms with E-state index in [-0.39, 0.29) is 0 Å². The van der Waals surface area contributed by atoms with Crippen LogP contribution in [0.25, 0.3) is 0 Å². The third-order valence-corrected chi connectivity index (χ3v) is 5.81. The van der Waals surface area contributed by atoms with Gasteiger partial charge in [0.1, 0.15) is 0 Å². The molecule has 4 nitrogen and oxygen atoms in total. The molecule has 2 aromatic rings. The van der Waals surface area contributed by atoms with Gasteiger partial charge >= 0.3 is 0 Å². The Hall–Kier alpha value is -1.81. The molecule has 0 spiro atoms. The van der Waals surface area contributed by atoms with Crippen LogP contribution in [-0.4, -0.2) is 30.4 Å². The largest absolute Gasteiger partial charge is 0.378 e. The molecule has 0 atom stereocenters. The third kappa shape index (κ3) is 3.45. The van der Waals surface area contributed by atoms with Gasteiger partial charge in [-0.3, -0.25) is 4.68 Å². The van der Waals surface area contributed by atoms with Gasteiger partial charge in [-0.05, 0) is 30.5 Å². The molecule has 1 aromatic carbocycles. The smallest absolute Gasteiger partial charge is 0.0703 e. The fraction of sp³-hybridized carbons (Fsp3) is 0.571. The predicted molar refractivity (Wildman–Crippen MR) is 103 cm³/mol. The Morgan fingerprint density at radius 2 is 1.88 bits per heavy atom. The van der Waals surface area contributed by atoms with Crippen LogP contribution >= 0.6 is 0 Å². The highest BCUT2D eigenvalue weighted by Gasteiger charge is 2.27. The van der Waals surface area contributed by atoms with Crippen molar-refractivity contribution in [1.82, 2.24) is 15.1 Å². The average Bonchev–Trinajstić information content (AvgIpc) is 3.02. The lowest BCUT2D eigenvalue weighted by atomic mass is 9.84. The Balaban J connectivity index is 1.61. The number of nitrogens with zero attached hydrogens (tertiary/aromatic N) is 3. The van der Waals surface area contributed by atoms with Crippen molar-refractivity contribution < 1.29 is 0 Å². The highest BCUT2D eigenvalue weighted by Crippen LogP contribution is 2.35. The number of hydrogen-bond donors (Lipinski definition) is 1. The summed E-state index contributed by atoms with van der Waals surface area (Å²) < 4.78 is 2.30. The number of hydrogen-bond acceptors (Lipinski definition) is 3. The number of fused-ring (bicyclic) bond motifs is 1. The van der Waals surface area contributed by atoms with Gasteiger partial charge in [0.05, 0.1) is 12.2 Å². The first-order valence-electron chi connectivity index (χ1n) is 9.78. The summed E-state index contributed by atoms with van der Waals surface area (Å²) in [5.41, 5.74) is 6.95. The van der Waals surface area contributed by atoms with E-state index in [0.29, 0.717) is 5.92 Å². The SMILES string of the molecule is CN(C)c1ccc(Cn2nc(C3CCCCC3)c3c2CCNC3)cc1. The molecule has 2 aliphatic rings. The molecule has 1 aliphatic heterocycles. The molecular weight excluding hydrogens is 308 g/mol. The molecule has 1 fully saturated rings. The zero-order valence-corrected chi connectivity index (χ0v) is 15.6. The van der Waals surface area contributed by atoms with Crippen LogP contribution in [-0.2, 0) is 19.5 Å². The summed E-state index contributed by atoms with van der Waals surface area (Å²) in [4.78, 5) is 2.15. The second kappa shape index (κ2) is 7.20. The first-order chi connectivity index (χ1) is 12.2. The summed E-state index contributed by atoms with van der Waals surface area (Å²) in [7, 11) is 4.17. The van der Waals surface area contributed by atoms with E-state index in [4.69, 9.17) is 5.10 Å². The van der Waals surface area contributed by atoms with Gasteiger partial charge in [-0.25, -0.2) is 0 Å². The lowest BCUT2D eigenvalue weighted by molar-refractivity contribution is 0.430. The second-order valence-electron chi connectivity index (χ2n) is 7.79. The third-order valence-electron chi connectivity index (χ3n) is 5.81. The fourth-order valence-corrected chi connectivity index (χ4v) is 4.35. The van der Waals surface area contributed by atoms with Crippen LogP contribution < -0.4 is 10.2 Å². The zero-order valence-electron chi connectivity index (χ0n) is 15.6. The first-order valence-corrected chi connectivity index (χ1v) is 9.78. The number of rotatable bonds is 4. The van der Waals surface area contributed by atoms with Gasteiger partial charge in [0, 0.05) is 56.5 Å². The molecule has 0 unspecified atom stereocenters. The number of benzene rings is 1. The normalized spacial score (nSPS) is 18.2. The maximum Gasteiger partial charge on any atom is 0.0703 e. The molecule has 4 heteroatoms. The minimum Gasteiger partial charge on any atom is -0.378 e. The average molecular weight is 338 g/mol. The van der Waals surface area contributed by atoms with Crippen molar-refractivity contribution in [3.8, 4) is 0 Å². The van der Waals surface area contributed by atoms with Crippen molar-refractivity contribution in [2.24, 2.45) is 0 Å². The maximum atomic E-state index is 5.13. The topological polar surface area (TPSA) is 33.1 Å². The molecule has 1 aliphatic carbocycles. The zero-order chi connectivity index (χ0) is 17.2. The molecule has 25 heavy (non-hydrogen) atoms. The molecule has 0 saturated heterocycles. The van der Waals surface area contributed by atoms with E-state index in [1.165, 1.54) is 60.3 Å². The van der Waals surface area contributed by atoms with Gasteiger partial charge in [-0.1, -0.05) is 31.4 Å². The summed E-state index contributed by atoms with van der Waals surface area (Å²) in [6, 6.07) is 8.89. The molecule has 1 aromatic heterocycles. The highest BCUT2D eigenvalue weighted by molar-refractivity contribution is 5.46. The number of aromatic nitrogens is 2. The van der Waals surface area contributed by atoms with E-state index in [2.05, 4.69) is 53.3 Å². The lowest BCUT2D eigenvalue weighted by Gasteiger charge is -2.22. The lowest BCUT2D eigenvalue weighted by Crippen LogP contribution is -2.25. The fourth-order valence-electron chi connectivity index (χ4n) is 4.35. The van der Waals surface area contributed by atoms with Crippen molar-refractivity contribution in [3.05, 3.63) is 46.8 Å². The minimum atomic E-state index is 0.680. The van der Waals surface area contributed by atoms with Crippen LogP contribution in [0.2, 0.25) is 0 Å². The van der Waals surface area contributed by atoms with E-state index < -0.39 is 0 Å². The molecule has 0 bridgehead atoms. The van der Waals surface area contributed by atoms with Crippen LogP contribution in [0.4, 0.5) is 5.69 Å². The monoisotopic (exact) mass is 338 g/mol. The summed E-state index contributed by atoms with van der Waals surface area (Å²) in [5, 5.41) is 8.69. The molecule has 0 radical (unpaired) electrons. The second-order valence-corrected chi connectivity index (χ2v) is 7.79. The molecule has 2 heterocycles. The molecule has 4 rings (SSSR count). The van der Waals surface area contributed by atoms with Gasteiger partial charge < -0.3 is 10.2 Å². The molecule has 1 saturated carbocycles. The molecule has 1 N–H and O–H groups in total. The minimum absolute atomic E-state index is 0.680. The molecule has 134 valence electrons. The van der Waals surface area contributed by atoms with Crippen molar-refractivity contribution in [2.45, 2.75) is 57.5 Å². The Bertz CT molecular complexity index is 708. The quantitative estimate of drug-likeness (QED) is 0.923. The van der Waals surface area contributed by atoms with E-state index >= 15 is 0 Å². The van der Waals surface area contributed by atoms with Crippen LogP contribution in [0.1, 0.15) is 60.5 Å². The highest BCUT2D eigenvalue weighted by atomic mass is 15.3. The van der Waals surface area contributed by atoms with Gasteiger partial charge in [0.25, 0.3) is 0 Å². The summed E-state index contributed by atoms with van der Waals surface area (Å²) >= 11 is 0. The van der Waals surface area contributed by atoms with E-state index in [0.717, 1.165) is 26.1 Å². The molecular formula is C21H30N4. The number of nitrogens with one attached hydrogen (secondary N) is 1. The number of anilines is 1. The van der Waals surface area contributed by atoms with Gasteiger partial charge in [0.15, 0.2) is 0 Å². The van der Waals surface area contributed by atoms with Gasteiger partial charge in [-0.2, -0.15) is 5.10 Å². The van der Waals surface area contributed by atoms with Gasteiger partial charge in [0.2, 0.25) is 0 Å². The first kappa shape index (κ1) is 16.6. The predicted octanol–water partition coefficient (Wildman–Crippen LogP) is 3.69. The Kier molecular flexibility index (Phi) is 4.80. The van der Waals surface area contributed by atoms with Gasteiger partial charge in [-0.15, -0.1) is 0 Å². The summed E-state index contributed by atoms with van der Waals surface area (Å²) in [5.74, 6) is 0.680. The maximum absolute atomic E-state index is 5.13. The Labute approximate surface area is 151 Å². The van der Waals surface area contributed by atoms with E-state index in [1.807, 2.05) is 0 Å². The van der Waals surface area contributed by atoms with Crippen molar-refractivity contribution in [1.29, 1.82) is 0 Å². The van der Waals surface area contributed by atoms with Crippen LogP contribution in [0.3, 0.4) is 0 Å². The Morgan fingerprint density at radius 1 is 1.12 bits per heavy atom. The van der Waals surface area contributed by atoms with Crippen LogP contribution in [0.15, 0.2) is 24.3 Å². The van der Waals surface area contributed by atoms with Crippen LogP contribution in [0.5, 0.6) is 0 Å². The standard InChI is InChI=1S/C21H30N4/c1-24(2)18-10-8-16(9-11-18)15-25-20-12-13-22-14-19(20)21(23-25)17-6-4-3-5-7-17/h8-11,17,22H,3-7,12-15H2,1-2H3. The van der Waals surface area contributed by atoms with Crippen LogP contribution in [0, 0.1) is 0 Å². The van der Waals surface area contributed by atoms with Crippen molar-refractivity contribution >= 4 is 5.69 Å². The van der Waals surface area contributed by atoms with E-state index in [9.17, 15) is 0 Å². The molecule has 0 amide bonds.